The Morgan fingerprint density at radius 3 is 3.05 bits per heavy atom. The molecule has 1 aromatic carbocycles. The van der Waals surface area contributed by atoms with Crippen LogP contribution < -0.4 is 14.8 Å². The van der Waals surface area contributed by atoms with E-state index in [1.165, 1.54) is 0 Å². The van der Waals surface area contributed by atoms with Gasteiger partial charge in [-0.2, -0.15) is 0 Å². The van der Waals surface area contributed by atoms with E-state index in [4.69, 9.17) is 4.74 Å². The van der Waals surface area contributed by atoms with Gasteiger partial charge in [0.25, 0.3) is 0 Å². The molecule has 2 heterocycles. The third-order valence-corrected chi connectivity index (χ3v) is 5.64. The van der Waals surface area contributed by atoms with E-state index < -0.39 is 10.0 Å². The zero-order valence-electron chi connectivity index (χ0n) is 12.3. The molecule has 0 aliphatic carbocycles. The lowest BCUT2D eigenvalue weighted by Crippen LogP contribution is -2.26. The van der Waals surface area contributed by atoms with Crippen LogP contribution in [0.15, 0.2) is 23.1 Å². The highest BCUT2D eigenvalue weighted by Gasteiger charge is 2.23. The van der Waals surface area contributed by atoms with Crippen molar-refractivity contribution in [2.75, 3.05) is 19.6 Å². The van der Waals surface area contributed by atoms with Crippen molar-refractivity contribution in [1.82, 2.24) is 10.0 Å². The molecule has 1 saturated heterocycles. The third kappa shape index (κ3) is 3.39. The maximum atomic E-state index is 12.3. The van der Waals surface area contributed by atoms with E-state index in [0.717, 1.165) is 43.7 Å². The number of rotatable bonds is 5. The first-order valence-electron chi connectivity index (χ1n) is 7.54. The van der Waals surface area contributed by atoms with Crippen molar-refractivity contribution in [3.8, 4) is 5.75 Å². The normalized spacial score (nSPS) is 24.8. The van der Waals surface area contributed by atoms with E-state index in [9.17, 15) is 8.42 Å². The van der Waals surface area contributed by atoms with Crippen LogP contribution in [0, 0.1) is 5.92 Å². The molecule has 2 atom stereocenters. The highest BCUT2D eigenvalue weighted by Crippen LogP contribution is 2.30. The second-order valence-electron chi connectivity index (χ2n) is 5.95. The Balaban J connectivity index is 1.63. The summed E-state index contributed by atoms with van der Waals surface area (Å²) in [6.07, 6.45) is 2.92. The fourth-order valence-corrected chi connectivity index (χ4v) is 4.10. The topological polar surface area (TPSA) is 67.4 Å². The van der Waals surface area contributed by atoms with Crippen LogP contribution in [0.25, 0.3) is 0 Å². The predicted molar refractivity (Wildman–Crippen MR) is 81.0 cm³/mol. The number of fused-ring (bicyclic) bond motifs is 1. The minimum atomic E-state index is -3.42. The average Bonchev–Trinajstić information content (AvgIpc) is 3.05. The van der Waals surface area contributed by atoms with Crippen molar-refractivity contribution < 1.29 is 13.2 Å². The van der Waals surface area contributed by atoms with Gasteiger partial charge in [-0.05, 0) is 62.5 Å². The molecule has 6 heteroatoms. The molecular formula is C15H22N2O3S. The summed E-state index contributed by atoms with van der Waals surface area (Å²) in [6.45, 7) is 4.52. The quantitative estimate of drug-likeness (QED) is 0.860. The van der Waals surface area contributed by atoms with Crippen LogP contribution in [0.1, 0.15) is 25.3 Å². The molecule has 0 saturated carbocycles. The molecule has 0 spiro atoms. The summed E-state index contributed by atoms with van der Waals surface area (Å²) < 4.78 is 32.9. The Kier molecular flexibility index (Phi) is 4.19. The van der Waals surface area contributed by atoms with Crippen LogP contribution in [0.5, 0.6) is 5.75 Å². The molecule has 1 aromatic rings. The second-order valence-corrected chi connectivity index (χ2v) is 7.71. The number of nitrogens with one attached hydrogen (secondary N) is 2. The van der Waals surface area contributed by atoms with Gasteiger partial charge in [-0.3, -0.25) is 0 Å². The fraction of sp³-hybridized carbons (Fsp3) is 0.600. The van der Waals surface area contributed by atoms with Gasteiger partial charge in [-0.15, -0.1) is 0 Å². The Hall–Kier alpha value is -1.11. The molecule has 0 radical (unpaired) electrons. The summed E-state index contributed by atoms with van der Waals surface area (Å²) in [5.41, 5.74) is 0.977. The van der Waals surface area contributed by atoms with Crippen molar-refractivity contribution in [2.45, 2.75) is 37.2 Å². The van der Waals surface area contributed by atoms with Gasteiger partial charge < -0.3 is 10.1 Å². The van der Waals surface area contributed by atoms with Crippen molar-refractivity contribution in [3.05, 3.63) is 23.8 Å². The first-order chi connectivity index (χ1) is 10.0. The monoisotopic (exact) mass is 310 g/mol. The Bertz CT molecular complexity index is 609. The summed E-state index contributed by atoms with van der Waals surface area (Å²) in [7, 11) is -3.42. The van der Waals surface area contributed by atoms with Gasteiger partial charge >= 0.3 is 0 Å². The summed E-state index contributed by atoms with van der Waals surface area (Å²) in [5, 5.41) is 3.29. The highest BCUT2D eigenvalue weighted by atomic mass is 32.2. The Labute approximate surface area is 126 Å². The minimum absolute atomic E-state index is 0.126. The third-order valence-electron chi connectivity index (χ3n) is 4.18. The first-order valence-corrected chi connectivity index (χ1v) is 9.03. The molecule has 0 bridgehead atoms. The van der Waals surface area contributed by atoms with E-state index in [1.54, 1.807) is 18.2 Å². The van der Waals surface area contributed by atoms with Crippen molar-refractivity contribution in [2.24, 2.45) is 5.92 Å². The van der Waals surface area contributed by atoms with Crippen molar-refractivity contribution >= 4 is 10.0 Å². The van der Waals surface area contributed by atoms with E-state index in [-0.39, 0.29) is 6.10 Å². The van der Waals surface area contributed by atoms with E-state index >= 15 is 0 Å². The van der Waals surface area contributed by atoms with Crippen LogP contribution in [-0.4, -0.2) is 34.2 Å². The molecule has 0 aromatic heterocycles. The molecule has 2 N–H and O–H groups in total. The predicted octanol–water partition coefficient (Wildman–Crippen LogP) is 1.29. The molecule has 2 unspecified atom stereocenters. The lowest BCUT2D eigenvalue weighted by molar-refractivity contribution is 0.254. The van der Waals surface area contributed by atoms with Gasteiger partial charge in [0.15, 0.2) is 0 Å². The van der Waals surface area contributed by atoms with Crippen molar-refractivity contribution in [3.63, 3.8) is 0 Å². The maximum Gasteiger partial charge on any atom is 0.240 e. The first kappa shape index (κ1) is 14.8. The van der Waals surface area contributed by atoms with Gasteiger partial charge in [0.1, 0.15) is 11.9 Å². The maximum absolute atomic E-state index is 12.3. The molecule has 3 rings (SSSR count). The molecular weight excluding hydrogens is 288 g/mol. The highest BCUT2D eigenvalue weighted by molar-refractivity contribution is 7.89. The number of hydrogen-bond donors (Lipinski definition) is 2. The molecule has 21 heavy (non-hydrogen) atoms. The molecule has 116 valence electrons. The average molecular weight is 310 g/mol. The Morgan fingerprint density at radius 1 is 1.43 bits per heavy atom. The molecule has 2 aliphatic rings. The van der Waals surface area contributed by atoms with Gasteiger partial charge in [-0.1, -0.05) is 0 Å². The van der Waals surface area contributed by atoms with Gasteiger partial charge in [0.05, 0.1) is 4.90 Å². The van der Waals surface area contributed by atoms with E-state index in [2.05, 4.69) is 10.0 Å². The van der Waals surface area contributed by atoms with Gasteiger partial charge in [-0.25, -0.2) is 13.1 Å². The van der Waals surface area contributed by atoms with E-state index in [1.807, 2.05) is 6.92 Å². The second kappa shape index (κ2) is 5.94. The van der Waals surface area contributed by atoms with Gasteiger partial charge in [0, 0.05) is 13.0 Å². The smallest absolute Gasteiger partial charge is 0.240 e. The number of hydrogen-bond acceptors (Lipinski definition) is 4. The van der Waals surface area contributed by atoms with Crippen LogP contribution in [0.2, 0.25) is 0 Å². The van der Waals surface area contributed by atoms with E-state index in [0.29, 0.717) is 17.4 Å². The largest absolute Gasteiger partial charge is 0.490 e. The standard InChI is InChI=1S/C15H22N2O3S/c1-11-8-13-9-14(2-3-15(13)20-11)21(18,19)17-7-5-12-4-6-16-10-12/h2-3,9,11-12,16-17H,4-8,10H2,1H3. The summed E-state index contributed by atoms with van der Waals surface area (Å²) in [6, 6.07) is 5.11. The van der Waals surface area contributed by atoms with Crippen LogP contribution >= 0.6 is 0 Å². The van der Waals surface area contributed by atoms with Crippen LogP contribution in [-0.2, 0) is 16.4 Å². The molecule has 1 fully saturated rings. The number of benzene rings is 1. The lowest BCUT2D eigenvalue weighted by Gasteiger charge is -2.10. The van der Waals surface area contributed by atoms with Crippen LogP contribution in [0.4, 0.5) is 0 Å². The number of ether oxygens (including phenoxy) is 1. The summed E-state index contributed by atoms with van der Waals surface area (Å²) in [4.78, 5) is 0.337. The molecule has 0 amide bonds. The Morgan fingerprint density at radius 2 is 2.29 bits per heavy atom. The molecule has 2 aliphatic heterocycles. The molecule has 5 nitrogen and oxygen atoms in total. The zero-order valence-corrected chi connectivity index (χ0v) is 13.1. The SMILES string of the molecule is CC1Cc2cc(S(=O)(=O)NCCC3CCNC3)ccc2O1. The van der Waals surface area contributed by atoms with Gasteiger partial charge in [0.2, 0.25) is 10.0 Å². The zero-order chi connectivity index (χ0) is 14.9. The minimum Gasteiger partial charge on any atom is -0.490 e. The van der Waals surface area contributed by atoms with Crippen LogP contribution in [0.3, 0.4) is 0 Å². The number of sulfonamides is 1. The van der Waals surface area contributed by atoms with Crippen molar-refractivity contribution in [1.29, 1.82) is 0 Å². The lowest BCUT2D eigenvalue weighted by atomic mass is 10.1. The summed E-state index contributed by atoms with van der Waals surface area (Å²) >= 11 is 0. The fourth-order valence-electron chi connectivity index (χ4n) is 3.01. The summed E-state index contributed by atoms with van der Waals surface area (Å²) in [5.74, 6) is 1.39.